The van der Waals surface area contributed by atoms with Gasteiger partial charge in [-0.15, -0.1) is 0 Å². The van der Waals surface area contributed by atoms with Crippen molar-refractivity contribution in [3.8, 4) is 11.5 Å². The van der Waals surface area contributed by atoms with Crippen LogP contribution in [0.2, 0.25) is 0 Å². The first-order valence-corrected chi connectivity index (χ1v) is 12.8. The van der Waals surface area contributed by atoms with E-state index in [1.54, 1.807) is 36.3 Å². The number of nitrogens with zero attached hydrogens (tertiary/aromatic N) is 2. The molecule has 0 spiro atoms. The van der Waals surface area contributed by atoms with E-state index < -0.39 is 17.7 Å². The van der Waals surface area contributed by atoms with Crippen LogP contribution in [0.15, 0.2) is 54.1 Å². The molecule has 0 aromatic heterocycles. The summed E-state index contributed by atoms with van der Waals surface area (Å²) in [5, 5.41) is 11.3. The molecule has 194 valence electrons. The summed E-state index contributed by atoms with van der Waals surface area (Å²) in [5.74, 6) is -0.155. The SMILES string of the molecule is CCCCCOc1cccc(C2C(=C(O)c3ccc(OC)cc3)C(=O)C(=O)N2CCN(CC)CC)c1. The minimum Gasteiger partial charge on any atom is -0.507 e. The number of hydrogen-bond acceptors (Lipinski definition) is 6. The van der Waals surface area contributed by atoms with Crippen LogP contribution in [0.3, 0.4) is 0 Å². The molecule has 2 aromatic rings. The van der Waals surface area contributed by atoms with E-state index in [4.69, 9.17) is 9.47 Å². The number of ether oxygens (including phenoxy) is 2. The number of aliphatic hydroxyl groups excluding tert-OH is 1. The molecule has 1 N–H and O–H groups in total. The lowest BCUT2D eigenvalue weighted by Gasteiger charge is -2.28. The number of Topliss-reactive ketones (excluding diaryl/α,β-unsaturated/α-hetero) is 1. The zero-order chi connectivity index (χ0) is 26.1. The molecule has 36 heavy (non-hydrogen) atoms. The summed E-state index contributed by atoms with van der Waals surface area (Å²) in [6, 6.07) is 13.6. The Kier molecular flexibility index (Phi) is 9.94. The van der Waals surface area contributed by atoms with Crippen molar-refractivity contribution in [2.45, 2.75) is 46.1 Å². The molecule has 7 heteroatoms. The van der Waals surface area contributed by atoms with Gasteiger partial charge in [-0.25, -0.2) is 0 Å². The number of carbonyl (C=O) groups excluding carboxylic acids is 2. The largest absolute Gasteiger partial charge is 0.507 e. The van der Waals surface area contributed by atoms with Crippen LogP contribution in [0.25, 0.3) is 5.76 Å². The van der Waals surface area contributed by atoms with Gasteiger partial charge in [0.25, 0.3) is 11.7 Å². The van der Waals surface area contributed by atoms with Crippen molar-refractivity contribution in [3.05, 3.63) is 65.2 Å². The van der Waals surface area contributed by atoms with E-state index >= 15 is 0 Å². The monoisotopic (exact) mass is 494 g/mol. The molecule has 0 aliphatic carbocycles. The Labute approximate surface area is 214 Å². The Balaban J connectivity index is 2.02. The second kappa shape index (κ2) is 13.1. The summed E-state index contributed by atoms with van der Waals surface area (Å²) in [5.41, 5.74) is 1.28. The summed E-state index contributed by atoms with van der Waals surface area (Å²) in [7, 11) is 1.56. The molecule has 1 fully saturated rings. The molecule has 1 atom stereocenters. The lowest BCUT2D eigenvalue weighted by Crippen LogP contribution is -2.38. The normalized spacial score (nSPS) is 17.1. The summed E-state index contributed by atoms with van der Waals surface area (Å²) in [6.07, 6.45) is 3.16. The second-order valence-electron chi connectivity index (χ2n) is 8.88. The Morgan fingerprint density at radius 3 is 2.36 bits per heavy atom. The summed E-state index contributed by atoms with van der Waals surface area (Å²) in [6.45, 7) is 9.58. The zero-order valence-corrected chi connectivity index (χ0v) is 21.8. The van der Waals surface area contributed by atoms with Crippen LogP contribution < -0.4 is 9.47 Å². The molecule has 0 bridgehead atoms. The van der Waals surface area contributed by atoms with Gasteiger partial charge in [0.2, 0.25) is 0 Å². The molecule has 7 nitrogen and oxygen atoms in total. The maximum atomic E-state index is 13.3. The highest BCUT2D eigenvalue weighted by atomic mass is 16.5. The molecule has 0 radical (unpaired) electrons. The number of carbonyl (C=O) groups is 2. The van der Waals surface area contributed by atoms with E-state index in [9.17, 15) is 14.7 Å². The second-order valence-corrected chi connectivity index (χ2v) is 8.88. The summed E-state index contributed by atoms with van der Waals surface area (Å²) < 4.78 is 11.2. The van der Waals surface area contributed by atoms with E-state index in [1.165, 1.54) is 0 Å². The number of likely N-dealkylation sites (N-methyl/N-ethyl adjacent to an activating group) is 1. The van der Waals surface area contributed by atoms with E-state index in [0.29, 0.717) is 36.8 Å². The number of aliphatic hydroxyl groups is 1. The molecular weight excluding hydrogens is 456 g/mol. The number of amides is 1. The Morgan fingerprint density at radius 1 is 1.00 bits per heavy atom. The van der Waals surface area contributed by atoms with Gasteiger partial charge in [-0.2, -0.15) is 0 Å². The lowest BCUT2D eigenvalue weighted by molar-refractivity contribution is -0.140. The van der Waals surface area contributed by atoms with Crippen molar-refractivity contribution >= 4 is 17.4 Å². The average molecular weight is 495 g/mol. The first kappa shape index (κ1) is 27.3. The molecule has 1 amide bonds. The fraction of sp³-hybridized carbons (Fsp3) is 0.448. The Bertz CT molecular complexity index is 1060. The van der Waals surface area contributed by atoms with Crippen LogP contribution >= 0.6 is 0 Å². The van der Waals surface area contributed by atoms with Crippen LogP contribution in [0.4, 0.5) is 0 Å². The van der Waals surface area contributed by atoms with Crippen molar-refractivity contribution in [3.63, 3.8) is 0 Å². The molecule has 2 aromatic carbocycles. The third kappa shape index (κ3) is 6.26. The molecular formula is C29H38N2O5. The highest BCUT2D eigenvalue weighted by Crippen LogP contribution is 2.40. The molecule has 0 saturated carbocycles. The fourth-order valence-corrected chi connectivity index (χ4v) is 4.47. The quantitative estimate of drug-likeness (QED) is 0.182. The number of likely N-dealkylation sites (tertiary alicyclic amines) is 1. The number of methoxy groups -OCH3 is 1. The maximum Gasteiger partial charge on any atom is 0.295 e. The van der Waals surface area contributed by atoms with Gasteiger partial charge in [-0.1, -0.05) is 45.7 Å². The molecule has 1 unspecified atom stereocenters. The number of hydrogen-bond donors (Lipinski definition) is 1. The van der Waals surface area contributed by atoms with Crippen molar-refractivity contribution in [2.75, 3.05) is 39.9 Å². The predicted molar refractivity (Wildman–Crippen MR) is 141 cm³/mol. The Hall–Kier alpha value is -3.32. The molecule has 1 saturated heterocycles. The van der Waals surface area contributed by atoms with Gasteiger partial charge >= 0.3 is 0 Å². The van der Waals surface area contributed by atoms with Gasteiger partial charge in [0.15, 0.2) is 0 Å². The van der Waals surface area contributed by atoms with E-state index in [2.05, 4.69) is 25.7 Å². The first-order valence-electron chi connectivity index (χ1n) is 12.8. The van der Waals surface area contributed by atoms with Crippen LogP contribution in [0, 0.1) is 0 Å². The van der Waals surface area contributed by atoms with E-state index in [1.807, 2.05) is 24.3 Å². The minimum atomic E-state index is -0.707. The molecule has 1 aliphatic heterocycles. The van der Waals surface area contributed by atoms with Crippen molar-refractivity contribution in [2.24, 2.45) is 0 Å². The molecule has 1 heterocycles. The third-order valence-corrected chi connectivity index (χ3v) is 6.65. The number of benzene rings is 2. The summed E-state index contributed by atoms with van der Waals surface area (Å²) in [4.78, 5) is 30.3. The topological polar surface area (TPSA) is 79.3 Å². The van der Waals surface area contributed by atoms with Gasteiger partial charge in [-0.3, -0.25) is 9.59 Å². The highest BCUT2D eigenvalue weighted by Gasteiger charge is 2.46. The summed E-state index contributed by atoms with van der Waals surface area (Å²) >= 11 is 0. The predicted octanol–water partition coefficient (Wildman–Crippen LogP) is 5.03. The lowest BCUT2D eigenvalue weighted by atomic mass is 9.95. The number of unbranched alkanes of at least 4 members (excludes halogenated alkanes) is 2. The smallest absolute Gasteiger partial charge is 0.295 e. The van der Waals surface area contributed by atoms with Crippen LogP contribution in [-0.2, 0) is 9.59 Å². The van der Waals surface area contributed by atoms with Crippen molar-refractivity contribution < 1.29 is 24.2 Å². The standard InChI is InChI=1S/C29H38N2O5/c1-5-8-9-19-36-24-12-10-11-22(20-24)26-25(27(32)21-13-15-23(35-4)16-14-21)28(33)29(34)31(26)18-17-30(6-2)7-3/h10-16,20,26,32H,5-9,17-19H2,1-4H3. The molecule has 3 rings (SSSR count). The average Bonchev–Trinajstić information content (AvgIpc) is 3.16. The minimum absolute atomic E-state index is 0.0906. The number of rotatable bonds is 13. The van der Waals surface area contributed by atoms with Gasteiger partial charge in [-0.05, 0) is 61.5 Å². The highest BCUT2D eigenvalue weighted by molar-refractivity contribution is 6.46. The number of ketones is 1. The van der Waals surface area contributed by atoms with Crippen LogP contribution in [0.1, 0.15) is 57.2 Å². The maximum absolute atomic E-state index is 13.3. The van der Waals surface area contributed by atoms with Crippen molar-refractivity contribution in [1.29, 1.82) is 0 Å². The molecule has 1 aliphatic rings. The fourth-order valence-electron chi connectivity index (χ4n) is 4.47. The van der Waals surface area contributed by atoms with E-state index in [-0.39, 0.29) is 11.3 Å². The zero-order valence-electron chi connectivity index (χ0n) is 21.8. The van der Waals surface area contributed by atoms with Gasteiger partial charge in [0.1, 0.15) is 17.3 Å². The Morgan fingerprint density at radius 2 is 1.72 bits per heavy atom. The van der Waals surface area contributed by atoms with Crippen LogP contribution in [0.5, 0.6) is 11.5 Å². The third-order valence-electron chi connectivity index (χ3n) is 6.65. The first-order chi connectivity index (χ1) is 17.4. The van der Waals surface area contributed by atoms with E-state index in [0.717, 1.165) is 37.9 Å². The van der Waals surface area contributed by atoms with Gasteiger partial charge in [0, 0.05) is 18.7 Å². The van der Waals surface area contributed by atoms with Gasteiger partial charge < -0.3 is 24.4 Å². The van der Waals surface area contributed by atoms with Crippen LogP contribution in [-0.4, -0.2) is 66.5 Å². The van der Waals surface area contributed by atoms with Crippen molar-refractivity contribution in [1.82, 2.24) is 9.80 Å². The van der Waals surface area contributed by atoms with Gasteiger partial charge in [0.05, 0.1) is 25.3 Å².